The molecule has 0 bridgehead atoms. The van der Waals surface area contributed by atoms with E-state index in [0.29, 0.717) is 11.7 Å². The molecule has 4 rings (SSSR count). The van der Waals surface area contributed by atoms with Gasteiger partial charge in [-0.2, -0.15) is 5.10 Å². The fourth-order valence-electron chi connectivity index (χ4n) is 3.93. The van der Waals surface area contributed by atoms with Crippen LogP contribution in [0, 0.1) is 0 Å². The van der Waals surface area contributed by atoms with Crippen LogP contribution in [-0.4, -0.2) is 33.2 Å². The minimum absolute atomic E-state index is 0.130. The van der Waals surface area contributed by atoms with E-state index >= 15 is 0 Å². The van der Waals surface area contributed by atoms with Crippen molar-refractivity contribution >= 4 is 5.91 Å². The van der Waals surface area contributed by atoms with E-state index in [9.17, 15) is 4.79 Å². The number of nitrogens with zero attached hydrogens (tertiary/aromatic N) is 3. The zero-order chi connectivity index (χ0) is 15.8. The van der Waals surface area contributed by atoms with Crippen LogP contribution in [0.3, 0.4) is 0 Å². The Balaban J connectivity index is 1.74. The normalized spacial score (nSPS) is 20.6. The van der Waals surface area contributed by atoms with E-state index in [1.165, 1.54) is 17.7 Å². The topological polar surface area (TPSA) is 38.1 Å². The van der Waals surface area contributed by atoms with Crippen LogP contribution < -0.4 is 0 Å². The fraction of sp³-hybridized carbons (Fsp3) is 0.474. The van der Waals surface area contributed by atoms with Gasteiger partial charge in [-0.15, -0.1) is 0 Å². The number of para-hydroxylation sites is 1. The first-order chi connectivity index (χ1) is 11.3. The van der Waals surface area contributed by atoms with Gasteiger partial charge in [0.1, 0.15) is 0 Å². The molecule has 1 aliphatic carbocycles. The number of carbonyl (C=O) groups excluding carboxylic acids is 1. The number of fused-ring (bicyclic) bond motifs is 1. The predicted octanol–water partition coefficient (Wildman–Crippen LogP) is 3.38. The van der Waals surface area contributed by atoms with Crippen LogP contribution in [0.25, 0.3) is 5.69 Å². The highest BCUT2D eigenvalue weighted by Gasteiger charge is 2.32. The molecule has 1 saturated heterocycles. The van der Waals surface area contributed by atoms with Crippen molar-refractivity contribution in [1.82, 2.24) is 14.7 Å². The number of rotatable bonds is 2. The standard InChI is InChI=1S/C19H23N3O/c1-14-8-5-6-13-21(14)19(23)18-16-11-7-12-17(16)22(20-18)15-9-3-2-4-10-15/h2-4,9-10,14H,5-8,11-13H2,1H3. The van der Waals surface area contributed by atoms with E-state index in [-0.39, 0.29) is 5.91 Å². The average Bonchev–Trinajstić information content (AvgIpc) is 3.18. The predicted molar refractivity (Wildman–Crippen MR) is 89.9 cm³/mol. The first-order valence-electron chi connectivity index (χ1n) is 8.73. The maximum absolute atomic E-state index is 13.1. The number of benzene rings is 1. The number of aromatic nitrogens is 2. The molecule has 2 heterocycles. The van der Waals surface area contributed by atoms with Crippen LogP contribution in [-0.2, 0) is 12.8 Å². The SMILES string of the molecule is CC1CCCCN1C(=O)c1nn(-c2ccccc2)c2c1CCC2. The summed E-state index contributed by atoms with van der Waals surface area (Å²) >= 11 is 0. The van der Waals surface area contributed by atoms with Crippen LogP contribution in [0.5, 0.6) is 0 Å². The summed E-state index contributed by atoms with van der Waals surface area (Å²) in [6.45, 7) is 3.03. The van der Waals surface area contributed by atoms with Crippen molar-refractivity contribution in [3.05, 3.63) is 47.3 Å². The third kappa shape index (κ3) is 2.46. The van der Waals surface area contributed by atoms with Gasteiger partial charge in [-0.05, 0) is 57.6 Å². The summed E-state index contributed by atoms with van der Waals surface area (Å²) in [5.74, 6) is 0.130. The van der Waals surface area contributed by atoms with Gasteiger partial charge in [0.15, 0.2) is 5.69 Å². The van der Waals surface area contributed by atoms with Crippen molar-refractivity contribution < 1.29 is 4.79 Å². The molecule has 23 heavy (non-hydrogen) atoms. The quantitative estimate of drug-likeness (QED) is 0.853. The second-order valence-corrected chi connectivity index (χ2v) is 6.72. The van der Waals surface area contributed by atoms with Crippen molar-refractivity contribution in [2.24, 2.45) is 0 Å². The van der Waals surface area contributed by atoms with E-state index in [4.69, 9.17) is 5.10 Å². The van der Waals surface area contributed by atoms with Crippen molar-refractivity contribution in [3.8, 4) is 5.69 Å². The smallest absolute Gasteiger partial charge is 0.274 e. The summed E-state index contributed by atoms with van der Waals surface area (Å²) in [4.78, 5) is 15.1. The molecule has 0 spiro atoms. The van der Waals surface area contributed by atoms with E-state index in [0.717, 1.165) is 44.3 Å². The molecule has 1 aromatic heterocycles. The molecule has 1 fully saturated rings. The summed E-state index contributed by atoms with van der Waals surface area (Å²) in [5.41, 5.74) is 4.15. The number of amides is 1. The van der Waals surface area contributed by atoms with Gasteiger partial charge in [-0.1, -0.05) is 18.2 Å². The van der Waals surface area contributed by atoms with Crippen molar-refractivity contribution in [2.45, 2.75) is 51.5 Å². The van der Waals surface area contributed by atoms with Crippen LogP contribution >= 0.6 is 0 Å². The Morgan fingerprint density at radius 3 is 2.74 bits per heavy atom. The molecule has 1 aliphatic heterocycles. The highest BCUT2D eigenvalue weighted by molar-refractivity contribution is 5.94. The monoisotopic (exact) mass is 309 g/mol. The van der Waals surface area contributed by atoms with Crippen molar-refractivity contribution in [3.63, 3.8) is 0 Å². The second-order valence-electron chi connectivity index (χ2n) is 6.72. The Morgan fingerprint density at radius 2 is 1.96 bits per heavy atom. The fourth-order valence-corrected chi connectivity index (χ4v) is 3.93. The number of carbonyl (C=O) groups is 1. The minimum atomic E-state index is 0.130. The van der Waals surface area contributed by atoms with Gasteiger partial charge < -0.3 is 4.90 Å². The largest absolute Gasteiger partial charge is 0.335 e. The van der Waals surface area contributed by atoms with E-state index in [2.05, 4.69) is 19.1 Å². The molecule has 2 aromatic rings. The minimum Gasteiger partial charge on any atom is -0.335 e. The molecule has 1 amide bonds. The highest BCUT2D eigenvalue weighted by atomic mass is 16.2. The van der Waals surface area contributed by atoms with Gasteiger partial charge in [0.25, 0.3) is 5.91 Å². The maximum atomic E-state index is 13.1. The van der Waals surface area contributed by atoms with Crippen molar-refractivity contribution in [1.29, 1.82) is 0 Å². The Labute approximate surface area is 137 Å². The lowest BCUT2D eigenvalue weighted by molar-refractivity contribution is 0.0628. The first kappa shape index (κ1) is 14.5. The molecule has 0 N–H and O–H groups in total. The summed E-state index contributed by atoms with van der Waals surface area (Å²) in [7, 11) is 0. The van der Waals surface area contributed by atoms with Gasteiger partial charge in [0.05, 0.1) is 5.69 Å². The van der Waals surface area contributed by atoms with E-state index in [1.54, 1.807) is 0 Å². The number of hydrogen-bond donors (Lipinski definition) is 0. The summed E-state index contributed by atoms with van der Waals surface area (Å²) in [6.07, 6.45) is 6.55. The second kappa shape index (κ2) is 5.84. The van der Waals surface area contributed by atoms with Crippen LogP contribution in [0.4, 0.5) is 0 Å². The van der Waals surface area contributed by atoms with Gasteiger partial charge >= 0.3 is 0 Å². The average molecular weight is 309 g/mol. The van der Waals surface area contributed by atoms with Crippen LogP contribution in [0.1, 0.15) is 54.4 Å². The molecule has 120 valence electrons. The lowest BCUT2D eigenvalue weighted by Crippen LogP contribution is -2.42. The number of likely N-dealkylation sites (tertiary alicyclic amines) is 1. The lowest BCUT2D eigenvalue weighted by Gasteiger charge is -2.33. The lowest BCUT2D eigenvalue weighted by atomic mass is 10.0. The molecule has 1 aromatic carbocycles. The molecule has 4 nitrogen and oxygen atoms in total. The van der Waals surface area contributed by atoms with Gasteiger partial charge in [-0.3, -0.25) is 4.79 Å². The van der Waals surface area contributed by atoms with E-state index in [1.807, 2.05) is 27.8 Å². The summed E-state index contributed by atoms with van der Waals surface area (Å²) in [5, 5.41) is 4.74. The Morgan fingerprint density at radius 1 is 1.13 bits per heavy atom. The van der Waals surface area contributed by atoms with Gasteiger partial charge in [0, 0.05) is 23.8 Å². The van der Waals surface area contributed by atoms with Crippen LogP contribution in [0.15, 0.2) is 30.3 Å². The zero-order valence-electron chi connectivity index (χ0n) is 13.7. The van der Waals surface area contributed by atoms with E-state index < -0.39 is 0 Å². The third-order valence-electron chi connectivity index (χ3n) is 5.20. The third-order valence-corrected chi connectivity index (χ3v) is 5.20. The number of hydrogen-bond acceptors (Lipinski definition) is 2. The Kier molecular flexibility index (Phi) is 3.68. The molecule has 0 saturated carbocycles. The molecular weight excluding hydrogens is 286 g/mol. The molecule has 1 unspecified atom stereocenters. The molecule has 1 atom stereocenters. The Bertz CT molecular complexity index is 720. The molecule has 2 aliphatic rings. The molecule has 4 heteroatoms. The van der Waals surface area contributed by atoms with Gasteiger partial charge in [-0.25, -0.2) is 4.68 Å². The molecular formula is C19H23N3O. The highest BCUT2D eigenvalue weighted by Crippen LogP contribution is 2.29. The summed E-state index contributed by atoms with van der Waals surface area (Å²) in [6, 6.07) is 10.5. The van der Waals surface area contributed by atoms with Crippen LogP contribution in [0.2, 0.25) is 0 Å². The first-order valence-corrected chi connectivity index (χ1v) is 8.73. The molecule has 0 radical (unpaired) electrons. The van der Waals surface area contributed by atoms with Crippen molar-refractivity contribution in [2.75, 3.05) is 6.54 Å². The summed E-state index contributed by atoms with van der Waals surface area (Å²) < 4.78 is 1.99. The van der Waals surface area contributed by atoms with Gasteiger partial charge in [0.2, 0.25) is 0 Å². The Hall–Kier alpha value is -2.10. The number of piperidine rings is 1. The zero-order valence-corrected chi connectivity index (χ0v) is 13.7. The maximum Gasteiger partial charge on any atom is 0.274 e.